The second kappa shape index (κ2) is 5.97. The zero-order chi connectivity index (χ0) is 12.8. The van der Waals surface area contributed by atoms with Gasteiger partial charge in [0.25, 0.3) is 0 Å². The number of carbonyl (C=O) groups is 1. The van der Waals surface area contributed by atoms with Crippen LogP contribution in [0.5, 0.6) is 0 Å². The first-order chi connectivity index (χ1) is 8.77. The number of hydrogen-bond donors (Lipinski definition) is 0. The molecule has 0 aromatic heterocycles. The topological polar surface area (TPSA) is 17.1 Å². The minimum Gasteiger partial charge on any atom is -0.300 e. The van der Waals surface area contributed by atoms with Crippen molar-refractivity contribution in [3.63, 3.8) is 0 Å². The lowest BCUT2D eigenvalue weighted by atomic mass is 9.96. The molecule has 0 atom stereocenters. The highest BCUT2D eigenvalue weighted by Gasteiger charge is 2.04. The van der Waals surface area contributed by atoms with Crippen molar-refractivity contribution < 1.29 is 4.79 Å². The van der Waals surface area contributed by atoms with E-state index in [1.54, 1.807) is 6.92 Å². The second-order valence-electron chi connectivity index (χ2n) is 4.26. The molecule has 0 aliphatic rings. The molecule has 0 spiro atoms. The number of benzene rings is 2. The van der Waals surface area contributed by atoms with Crippen LogP contribution >= 0.6 is 0 Å². The van der Waals surface area contributed by atoms with Crippen LogP contribution in [0.2, 0.25) is 0 Å². The Labute approximate surface area is 108 Å². The van der Waals surface area contributed by atoms with Crippen LogP contribution in [0.25, 0.3) is 5.57 Å². The molecule has 90 valence electrons. The van der Waals surface area contributed by atoms with E-state index in [4.69, 9.17) is 0 Å². The molecule has 0 unspecified atom stereocenters. The molecule has 0 radical (unpaired) electrons. The molecule has 2 aromatic carbocycles. The van der Waals surface area contributed by atoms with Crippen LogP contribution < -0.4 is 0 Å². The normalized spacial score (nSPS) is 9.83. The van der Waals surface area contributed by atoms with Crippen molar-refractivity contribution in [2.24, 2.45) is 0 Å². The van der Waals surface area contributed by atoms with Crippen LogP contribution in [0, 0.1) is 0 Å². The van der Waals surface area contributed by atoms with E-state index in [1.807, 2.05) is 42.5 Å². The SMILES string of the molecule is CC(=O)CC=C(c1ccccc1)c1ccccc1. The maximum Gasteiger partial charge on any atom is 0.133 e. The van der Waals surface area contributed by atoms with Gasteiger partial charge in [-0.15, -0.1) is 0 Å². The summed E-state index contributed by atoms with van der Waals surface area (Å²) in [5, 5.41) is 0. The number of allylic oxidation sites excluding steroid dienone is 1. The van der Waals surface area contributed by atoms with E-state index in [2.05, 4.69) is 24.3 Å². The molecule has 18 heavy (non-hydrogen) atoms. The molecule has 0 aliphatic carbocycles. The number of rotatable bonds is 4. The average molecular weight is 236 g/mol. The molecule has 0 saturated heterocycles. The summed E-state index contributed by atoms with van der Waals surface area (Å²) in [7, 11) is 0. The Bertz CT molecular complexity index is 497. The van der Waals surface area contributed by atoms with Gasteiger partial charge < -0.3 is 0 Å². The summed E-state index contributed by atoms with van der Waals surface area (Å²) in [5.41, 5.74) is 3.40. The standard InChI is InChI=1S/C17H16O/c1-14(18)12-13-17(15-8-4-2-5-9-15)16-10-6-3-7-11-16/h2-11,13H,12H2,1H3. The van der Waals surface area contributed by atoms with Gasteiger partial charge in [0.05, 0.1) is 0 Å². The van der Waals surface area contributed by atoms with E-state index in [-0.39, 0.29) is 5.78 Å². The van der Waals surface area contributed by atoms with Crippen molar-refractivity contribution in [1.82, 2.24) is 0 Å². The highest BCUT2D eigenvalue weighted by molar-refractivity contribution is 5.84. The molecule has 2 rings (SSSR count). The molecule has 1 heteroatoms. The first-order valence-corrected chi connectivity index (χ1v) is 6.08. The summed E-state index contributed by atoms with van der Waals surface area (Å²) in [6.07, 6.45) is 2.48. The van der Waals surface area contributed by atoms with Crippen molar-refractivity contribution in [2.45, 2.75) is 13.3 Å². The summed E-state index contributed by atoms with van der Waals surface area (Å²) in [6.45, 7) is 1.62. The summed E-state index contributed by atoms with van der Waals surface area (Å²) < 4.78 is 0. The van der Waals surface area contributed by atoms with Gasteiger partial charge in [-0.1, -0.05) is 66.7 Å². The van der Waals surface area contributed by atoms with Crippen LogP contribution in [0.1, 0.15) is 24.5 Å². The van der Waals surface area contributed by atoms with Gasteiger partial charge in [-0.25, -0.2) is 0 Å². The first-order valence-electron chi connectivity index (χ1n) is 6.08. The Hall–Kier alpha value is -2.15. The summed E-state index contributed by atoms with van der Waals surface area (Å²) in [4.78, 5) is 11.2. The molecule has 0 aliphatic heterocycles. The molecule has 0 saturated carbocycles. The van der Waals surface area contributed by atoms with Gasteiger partial charge >= 0.3 is 0 Å². The summed E-state index contributed by atoms with van der Waals surface area (Å²) >= 11 is 0. The number of ketones is 1. The van der Waals surface area contributed by atoms with Crippen molar-refractivity contribution in [1.29, 1.82) is 0 Å². The number of carbonyl (C=O) groups excluding carboxylic acids is 1. The van der Waals surface area contributed by atoms with E-state index < -0.39 is 0 Å². The fourth-order valence-electron chi connectivity index (χ4n) is 1.88. The quantitative estimate of drug-likeness (QED) is 0.781. The fourth-order valence-corrected chi connectivity index (χ4v) is 1.88. The molecule has 1 nitrogen and oxygen atoms in total. The van der Waals surface area contributed by atoms with Crippen molar-refractivity contribution in [3.8, 4) is 0 Å². The van der Waals surface area contributed by atoms with E-state index in [1.165, 1.54) is 0 Å². The van der Waals surface area contributed by atoms with E-state index in [0.717, 1.165) is 16.7 Å². The lowest BCUT2D eigenvalue weighted by Crippen LogP contribution is -1.91. The summed E-state index contributed by atoms with van der Waals surface area (Å²) in [5.74, 6) is 0.180. The molecule has 0 N–H and O–H groups in total. The van der Waals surface area contributed by atoms with E-state index >= 15 is 0 Å². The van der Waals surface area contributed by atoms with Crippen LogP contribution in [0.4, 0.5) is 0 Å². The fraction of sp³-hybridized carbons (Fsp3) is 0.118. The summed E-state index contributed by atoms with van der Waals surface area (Å²) in [6, 6.07) is 20.3. The zero-order valence-electron chi connectivity index (χ0n) is 10.5. The Morgan fingerprint density at radius 2 is 1.33 bits per heavy atom. The van der Waals surface area contributed by atoms with Gasteiger partial charge in [0.2, 0.25) is 0 Å². The maximum atomic E-state index is 11.2. The molecular formula is C17H16O. The van der Waals surface area contributed by atoms with Crippen LogP contribution in [-0.4, -0.2) is 5.78 Å². The first kappa shape index (κ1) is 12.3. The largest absolute Gasteiger partial charge is 0.300 e. The predicted octanol–water partition coefficient (Wildman–Crippen LogP) is 4.10. The van der Waals surface area contributed by atoms with E-state index in [0.29, 0.717) is 6.42 Å². The Kier molecular flexibility index (Phi) is 4.08. The maximum absolute atomic E-state index is 11.2. The Morgan fingerprint density at radius 3 is 1.72 bits per heavy atom. The third kappa shape index (κ3) is 3.17. The van der Waals surface area contributed by atoms with Crippen LogP contribution in [-0.2, 0) is 4.79 Å². The van der Waals surface area contributed by atoms with Crippen molar-refractivity contribution >= 4 is 11.4 Å². The van der Waals surface area contributed by atoms with E-state index in [9.17, 15) is 4.79 Å². The zero-order valence-corrected chi connectivity index (χ0v) is 10.5. The minimum absolute atomic E-state index is 0.180. The van der Waals surface area contributed by atoms with Crippen molar-refractivity contribution in [3.05, 3.63) is 77.9 Å². The Morgan fingerprint density at radius 1 is 0.889 bits per heavy atom. The number of Topliss-reactive ketones (excluding diaryl/α,β-unsaturated/α-hetero) is 1. The van der Waals surface area contributed by atoms with Gasteiger partial charge in [0, 0.05) is 6.42 Å². The van der Waals surface area contributed by atoms with Gasteiger partial charge in [-0.2, -0.15) is 0 Å². The lowest BCUT2D eigenvalue weighted by Gasteiger charge is -2.08. The second-order valence-corrected chi connectivity index (χ2v) is 4.26. The lowest BCUT2D eigenvalue weighted by molar-refractivity contribution is -0.116. The average Bonchev–Trinajstić information content (AvgIpc) is 2.41. The monoisotopic (exact) mass is 236 g/mol. The molecule has 0 amide bonds. The van der Waals surface area contributed by atoms with Crippen LogP contribution in [0.3, 0.4) is 0 Å². The molecule has 0 heterocycles. The van der Waals surface area contributed by atoms with Gasteiger partial charge in [-0.05, 0) is 23.6 Å². The smallest absolute Gasteiger partial charge is 0.133 e. The minimum atomic E-state index is 0.180. The third-order valence-electron chi connectivity index (χ3n) is 2.76. The molecule has 2 aromatic rings. The third-order valence-corrected chi connectivity index (χ3v) is 2.76. The molecule has 0 bridgehead atoms. The molecule has 0 fully saturated rings. The Balaban J connectivity index is 2.42. The van der Waals surface area contributed by atoms with Crippen LogP contribution in [0.15, 0.2) is 66.7 Å². The highest BCUT2D eigenvalue weighted by atomic mass is 16.1. The van der Waals surface area contributed by atoms with Gasteiger partial charge in [0.1, 0.15) is 5.78 Å². The van der Waals surface area contributed by atoms with Crippen molar-refractivity contribution in [2.75, 3.05) is 0 Å². The number of hydrogen-bond acceptors (Lipinski definition) is 1. The van der Waals surface area contributed by atoms with Gasteiger partial charge in [-0.3, -0.25) is 4.79 Å². The molecular weight excluding hydrogens is 220 g/mol. The van der Waals surface area contributed by atoms with Gasteiger partial charge in [0.15, 0.2) is 0 Å². The predicted molar refractivity (Wildman–Crippen MR) is 75.3 cm³/mol. The highest BCUT2D eigenvalue weighted by Crippen LogP contribution is 2.23.